The van der Waals surface area contributed by atoms with Crippen LogP contribution >= 0.6 is 0 Å². The van der Waals surface area contributed by atoms with Crippen LogP contribution in [0.4, 0.5) is 30.6 Å². The van der Waals surface area contributed by atoms with Crippen molar-refractivity contribution in [1.82, 2.24) is 20.5 Å². The molecule has 31 heavy (non-hydrogen) atoms. The van der Waals surface area contributed by atoms with E-state index in [9.17, 15) is 18.0 Å². The van der Waals surface area contributed by atoms with Crippen LogP contribution in [-0.2, 0) is 0 Å². The van der Waals surface area contributed by atoms with Crippen molar-refractivity contribution >= 4 is 23.4 Å². The summed E-state index contributed by atoms with van der Waals surface area (Å²) in [5.41, 5.74) is 1.27. The molecule has 0 saturated carbocycles. The molecule has 0 unspecified atom stereocenters. The van der Waals surface area contributed by atoms with Gasteiger partial charge in [0.05, 0.1) is 0 Å². The minimum absolute atomic E-state index is 0.217. The number of alkyl halides is 3. The molecule has 0 spiro atoms. The van der Waals surface area contributed by atoms with Gasteiger partial charge in [0.2, 0.25) is 0 Å². The molecule has 0 bridgehead atoms. The van der Waals surface area contributed by atoms with E-state index in [4.69, 9.17) is 0 Å². The molecule has 8 nitrogen and oxygen atoms in total. The lowest BCUT2D eigenvalue weighted by atomic mass is 10.2. The summed E-state index contributed by atoms with van der Waals surface area (Å²) in [6.45, 7) is 2.60. The van der Waals surface area contributed by atoms with Crippen LogP contribution < -0.4 is 20.7 Å². The number of benzene rings is 1. The molecule has 0 aliphatic heterocycles. The number of carbonyl (C=O) groups is 1. The monoisotopic (exact) mass is 432 g/mol. The molecule has 0 fully saturated rings. The third-order valence-corrected chi connectivity index (χ3v) is 3.90. The van der Waals surface area contributed by atoms with Crippen LogP contribution in [0, 0.1) is 6.92 Å². The molecule has 3 aromatic rings. The summed E-state index contributed by atoms with van der Waals surface area (Å²) in [4.78, 5) is 16.3. The zero-order chi connectivity index (χ0) is 22.3. The summed E-state index contributed by atoms with van der Waals surface area (Å²) in [6.07, 6.45) is -3.03. The number of nitrogens with one attached hydrogen (secondary N) is 3. The highest BCUT2D eigenvalue weighted by Crippen LogP contribution is 2.22. The Kier molecular flexibility index (Phi) is 6.85. The zero-order valence-corrected chi connectivity index (χ0v) is 16.4. The SMILES string of the molecule is Cc1ccc(Nc2ccc(NCCNC(=O)c3ccc(OC(F)(F)F)cc3)nn2)nc1. The zero-order valence-electron chi connectivity index (χ0n) is 16.4. The molecule has 1 amide bonds. The lowest BCUT2D eigenvalue weighted by Gasteiger charge is -2.10. The van der Waals surface area contributed by atoms with E-state index in [1.54, 1.807) is 18.3 Å². The third kappa shape index (κ3) is 7.14. The second-order valence-electron chi connectivity index (χ2n) is 6.40. The van der Waals surface area contributed by atoms with Gasteiger partial charge < -0.3 is 20.7 Å². The average molecular weight is 432 g/mol. The van der Waals surface area contributed by atoms with Crippen LogP contribution in [0.15, 0.2) is 54.7 Å². The number of amides is 1. The van der Waals surface area contributed by atoms with E-state index in [-0.39, 0.29) is 17.9 Å². The lowest BCUT2D eigenvalue weighted by Crippen LogP contribution is -2.28. The first-order valence-electron chi connectivity index (χ1n) is 9.20. The Morgan fingerprint density at radius 3 is 2.23 bits per heavy atom. The summed E-state index contributed by atoms with van der Waals surface area (Å²) in [5.74, 6) is 0.900. The molecule has 2 heterocycles. The minimum Gasteiger partial charge on any atom is -0.406 e. The first kappa shape index (κ1) is 21.8. The number of pyridine rings is 1. The Hall–Kier alpha value is -3.89. The molecular formula is C20H19F3N6O2. The highest BCUT2D eigenvalue weighted by atomic mass is 19.4. The minimum atomic E-state index is -4.77. The molecule has 11 heteroatoms. The van der Waals surface area contributed by atoms with E-state index < -0.39 is 12.3 Å². The van der Waals surface area contributed by atoms with Crippen LogP contribution in [0.5, 0.6) is 5.75 Å². The van der Waals surface area contributed by atoms with Gasteiger partial charge in [-0.3, -0.25) is 4.79 Å². The number of anilines is 3. The predicted molar refractivity (Wildman–Crippen MR) is 108 cm³/mol. The Morgan fingerprint density at radius 2 is 1.61 bits per heavy atom. The first-order valence-corrected chi connectivity index (χ1v) is 9.20. The molecule has 2 aromatic heterocycles. The van der Waals surface area contributed by atoms with E-state index in [1.165, 1.54) is 12.1 Å². The number of hydrogen-bond acceptors (Lipinski definition) is 7. The highest BCUT2D eigenvalue weighted by molar-refractivity contribution is 5.94. The van der Waals surface area contributed by atoms with Gasteiger partial charge in [0.15, 0.2) is 5.82 Å². The Bertz CT molecular complexity index is 993. The van der Waals surface area contributed by atoms with Gasteiger partial charge in [0.1, 0.15) is 17.4 Å². The summed E-state index contributed by atoms with van der Waals surface area (Å²) in [7, 11) is 0. The molecule has 3 rings (SSSR count). The normalized spacial score (nSPS) is 11.0. The van der Waals surface area contributed by atoms with Gasteiger partial charge in [0, 0.05) is 24.8 Å². The summed E-state index contributed by atoms with van der Waals surface area (Å²) in [6, 6.07) is 11.9. The summed E-state index contributed by atoms with van der Waals surface area (Å²) >= 11 is 0. The fraction of sp³-hybridized carbons (Fsp3) is 0.200. The van der Waals surface area contributed by atoms with Crippen LogP contribution in [0.2, 0.25) is 0 Å². The van der Waals surface area contributed by atoms with E-state index in [2.05, 4.69) is 35.9 Å². The molecule has 0 atom stereocenters. The van der Waals surface area contributed by atoms with Crippen LogP contribution in [0.25, 0.3) is 0 Å². The molecular weight excluding hydrogens is 413 g/mol. The number of aromatic nitrogens is 3. The van der Waals surface area contributed by atoms with Gasteiger partial charge in [-0.25, -0.2) is 4.98 Å². The second-order valence-corrected chi connectivity index (χ2v) is 6.40. The van der Waals surface area contributed by atoms with Crippen molar-refractivity contribution < 1.29 is 22.7 Å². The second kappa shape index (κ2) is 9.74. The van der Waals surface area contributed by atoms with E-state index in [0.29, 0.717) is 24.0 Å². The Balaban J connectivity index is 1.41. The molecule has 0 radical (unpaired) electrons. The highest BCUT2D eigenvalue weighted by Gasteiger charge is 2.31. The van der Waals surface area contributed by atoms with Crippen molar-refractivity contribution in [2.75, 3.05) is 23.7 Å². The number of carbonyl (C=O) groups excluding carboxylic acids is 1. The number of halogens is 3. The molecule has 1 aromatic carbocycles. The maximum atomic E-state index is 12.2. The van der Waals surface area contributed by atoms with E-state index in [0.717, 1.165) is 17.7 Å². The van der Waals surface area contributed by atoms with E-state index >= 15 is 0 Å². The molecule has 0 aliphatic rings. The fourth-order valence-electron chi connectivity index (χ4n) is 2.44. The maximum Gasteiger partial charge on any atom is 0.573 e. The smallest absolute Gasteiger partial charge is 0.406 e. The van der Waals surface area contributed by atoms with Crippen molar-refractivity contribution in [3.8, 4) is 5.75 Å². The Morgan fingerprint density at radius 1 is 0.935 bits per heavy atom. The predicted octanol–water partition coefficient (Wildman–Crippen LogP) is 3.66. The van der Waals surface area contributed by atoms with Crippen LogP contribution in [0.3, 0.4) is 0 Å². The average Bonchev–Trinajstić information content (AvgIpc) is 2.73. The fourth-order valence-corrected chi connectivity index (χ4v) is 2.44. The van der Waals surface area contributed by atoms with Crippen LogP contribution in [0.1, 0.15) is 15.9 Å². The summed E-state index contributed by atoms with van der Waals surface area (Å²) in [5, 5.41) is 16.8. The summed E-state index contributed by atoms with van der Waals surface area (Å²) < 4.78 is 40.2. The number of rotatable bonds is 8. The number of ether oxygens (including phenoxy) is 1. The van der Waals surface area contributed by atoms with Crippen molar-refractivity contribution in [3.05, 3.63) is 65.9 Å². The van der Waals surface area contributed by atoms with Crippen LogP contribution in [-0.4, -0.2) is 40.5 Å². The molecule has 0 aliphatic carbocycles. The largest absolute Gasteiger partial charge is 0.573 e. The molecule has 162 valence electrons. The quantitative estimate of drug-likeness (QED) is 0.467. The van der Waals surface area contributed by atoms with E-state index in [1.807, 2.05) is 19.1 Å². The van der Waals surface area contributed by atoms with Gasteiger partial charge in [0.25, 0.3) is 5.91 Å². The van der Waals surface area contributed by atoms with Gasteiger partial charge in [-0.05, 0) is 55.0 Å². The van der Waals surface area contributed by atoms with Crippen molar-refractivity contribution in [3.63, 3.8) is 0 Å². The van der Waals surface area contributed by atoms with Gasteiger partial charge in [-0.1, -0.05) is 6.07 Å². The molecule has 3 N–H and O–H groups in total. The topological polar surface area (TPSA) is 101 Å². The first-order chi connectivity index (χ1) is 14.8. The molecule has 0 saturated heterocycles. The standard InChI is InChI=1S/C20H19F3N6O2/c1-13-2-7-16(26-12-13)27-18-9-8-17(28-29-18)24-10-11-25-19(30)14-3-5-15(6-4-14)31-20(21,22)23/h2-9,12H,10-11H2,1H3,(H,24,28)(H,25,30)(H,26,27,29). The number of nitrogens with zero attached hydrogens (tertiary/aromatic N) is 3. The third-order valence-electron chi connectivity index (χ3n) is 3.90. The van der Waals surface area contributed by atoms with Crippen molar-refractivity contribution in [2.45, 2.75) is 13.3 Å². The number of aryl methyl sites for hydroxylation is 1. The maximum absolute atomic E-state index is 12.2. The Labute approximate surface area is 175 Å². The van der Waals surface area contributed by atoms with Crippen molar-refractivity contribution in [2.24, 2.45) is 0 Å². The number of hydrogen-bond donors (Lipinski definition) is 3. The van der Waals surface area contributed by atoms with Gasteiger partial charge in [-0.2, -0.15) is 0 Å². The lowest BCUT2D eigenvalue weighted by molar-refractivity contribution is -0.274. The van der Waals surface area contributed by atoms with Gasteiger partial charge in [-0.15, -0.1) is 23.4 Å². The van der Waals surface area contributed by atoms with Gasteiger partial charge >= 0.3 is 6.36 Å². The van der Waals surface area contributed by atoms with Crippen molar-refractivity contribution in [1.29, 1.82) is 0 Å².